The van der Waals surface area contributed by atoms with Crippen LogP contribution in [0, 0.1) is 17.7 Å². The van der Waals surface area contributed by atoms with Crippen molar-refractivity contribution >= 4 is 40.0 Å². The number of hydrogen-bond acceptors (Lipinski definition) is 5. The number of alkyl halides is 3. The molecule has 0 aliphatic carbocycles. The van der Waals surface area contributed by atoms with Gasteiger partial charge in [-0.2, -0.15) is 13.2 Å². The SMILES string of the molecule is CC(C)(c1cc(N(c2ccccc2)c2ccccc2)cc(C(=O)[N-]C(F)(F)F)n1)c1cc(N(c2ccccc2)c2ccccc2)cc(-c2[c-]cc(F)cc2F)n1.[Pt+2]. The summed E-state index contributed by atoms with van der Waals surface area (Å²) in [5.41, 5.74) is 2.33. The minimum Gasteiger partial charge on any atom is -0.560 e. The van der Waals surface area contributed by atoms with Crippen LogP contribution in [0.1, 0.15) is 35.7 Å². The standard InChI is InChI=1S/C45H33F5N5O.Pt/c1-44(2,42-29-36(27-40(52-42)43(56)53-45(48,49)50)55(33-19-11-5-12-20-33)34-21-13-6-14-22-34)41-28-35(26-39(51-41)37-24-23-30(46)25-38(37)47)54(31-15-7-3-8-16-31)32-17-9-4-10-18-32;/h3-23,25-29H,1-2H3,(H,53,56);/q-1;+2/p-1. The van der Waals surface area contributed by atoms with Crippen LogP contribution in [0.15, 0.2) is 158 Å². The second-order valence-corrected chi connectivity index (χ2v) is 13.3. The number of anilines is 6. The van der Waals surface area contributed by atoms with Crippen molar-refractivity contribution in [1.29, 1.82) is 0 Å². The number of pyridine rings is 2. The summed E-state index contributed by atoms with van der Waals surface area (Å²) < 4.78 is 70.3. The van der Waals surface area contributed by atoms with E-state index in [1.807, 2.05) is 126 Å². The summed E-state index contributed by atoms with van der Waals surface area (Å²) in [4.78, 5) is 26.3. The molecule has 2 aromatic heterocycles. The maximum atomic E-state index is 15.5. The van der Waals surface area contributed by atoms with Crippen LogP contribution in [0.2, 0.25) is 0 Å². The summed E-state index contributed by atoms with van der Waals surface area (Å²) in [5.74, 6) is -3.29. The van der Waals surface area contributed by atoms with E-state index < -0.39 is 35.0 Å². The van der Waals surface area contributed by atoms with Gasteiger partial charge in [0.2, 0.25) is 0 Å². The number of aromatic nitrogens is 2. The Morgan fingerprint density at radius 3 is 1.44 bits per heavy atom. The van der Waals surface area contributed by atoms with Crippen molar-refractivity contribution in [2.24, 2.45) is 0 Å². The summed E-state index contributed by atoms with van der Waals surface area (Å²) in [6.45, 7) is 3.50. The number of rotatable bonds is 10. The molecule has 1 amide bonds. The molecule has 2 heterocycles. The third-order valence-corrected chi connectivity index (χ3v) is 9.04. The van der Waals surface area contributed by atoms with Gasteiger partial charge in [0.25, 0.3) is 0 Å². The van der Waals surface area contributed by atoms with E-state index >= 15 is 4.39 Å². The van der Waals surface area contributed by atoms with Crippen molar-refractivity contribution in [1.82, 2.24) is 9.97 Å². The molecule has 7 aromatic rings. The first kappa shape index (κ1) is 40.5. The van der Waals surface area contributed by atoms with Crippen molar-refractivity contribution in [2.75, 3.05) is 9.80 Å². The van der Waals surface area contributed by atoms with E-state index in [-0.39, 0.29) is 38.0 Å². The molecule has 0 saturated heterocycles. The molecule has 0 aliphatic rings. The Hall–Kier alpha value is -6.19. The number of nitrogens with zero attached hydrogens (tertiary/aromatic N) is 5. The molecular formula is C45H32F5N5OPt. The van der Waals surface area contributed by atoms with E-state index in [4.69, 9.17) is 4.98 Å². The predicted octanol–water partition coefficient (Wildman–Crippen LogP) is 12.5. The minimum atomic E-state index is -5.15. The number of carbonyl (C=O) groups excluding carboxylic acids is 1. The van der Waals surface area contributed by atoms with Crippen LogP contribution in [-0.4, -0.2) is 22.2 Å². The molecule has 288 valence electrons. The Labute approximate surface area is 340 Å². The second kappa shape index (κ2) is 16.9. The van der Waals surface area contributed by atoms with Gasteiger partial charge in [-0.25, -0.2) is 0 Å². The van der Waals surface area contributed by atoms with E-state index in [0.717, 1.165) is 23.5 Å². The molecule has 0 radical (unpaired) electrons. The molecule has 0 atom stereocenters. The molecule has 0 N–H and O–H groups in total. The Morgan fingerprint density at radius 2 is 1.02 bits per heavy atom. The summed E-state index contributed by atoms with van der Waals surface area (Å²) in [5, 5.41) is 2.48. The van der Waals surface area contributed by atoms with Crippen LogP contribution < -0.4 is 9.80 Å². The first-order valence-corrected chi connectivity index (χ1v) is 17.4. The van der Waals surface area contributed by atoms with Gasteiger partial charge in [0.1, 0.15) is 5.91 Å². The third kappa shape index (κ3) is 9.11. The molecule has 57 heavy (non-hydrogen) atoms. The fourth-order valence-electron chi connectivity index (χ4n) is 6.32. The summed E-state index contributed by atoms with van der Waals surface area (Å²) in [6.07, 6.45) is -5.15. The maximum Gasteiger partial charge on any atom is 2.00 e. The van der Waals surface area contributed by atoms with Crippen molar-refractivity contribution in [3.8, 4) is 11.3 Å². The molecule has 0 saturated carbocycles. The Morgan fingerprint density at radius 1 is 0.596 bits per heavy atom. The Balaban J connectivity index is 0.00000549. The number of halogens is 5. The molecule has 5 aromatic carbocycles. The van der Waals surface area contributed by atoms with Crippen LogP contribution >= 0.6 is 0 Å². The number of para-hydroxylation sites is 4. The van der Waals surface area contributed by atoms with Crippen LogP contribution in [-0.2, 0) is 26.5 Å². The fraction of sp³-hybridized carbons (Fsp3) is 0.0889. The second-order valence-electron chi connectivity index (χ2n) is 13.3. The van der Waals surface area contributed by atoms with E-state index in [1.165, 1.54) is 6.07 Å². The van der Waals surface area contributed by atoms with Crippen molar-refractivity contribution in [3.63, 3.8) is 0 Å². The van der Waals surface area contributed by atoms with E-state index in [9.17, 15) is 22.4 Å². The number of amides is 1. The first-order chi connectivity index (χ1) is 26.9. The summed E-state index contributed by atoms with van der Waals surface area (Å²) in [6, 6.07) is 47.9. The number of benzene rings is 5. The molecule has 0 fully saturated rings. The average molecular weight is 949 g/mol. The monoisotopic (exact) mass is 948 g/mol. The van der Waals surface area contributed by atoms with Gasteiger partial charge < -0.3 is 24.9 Å². The largest absolute Gasteiger partial charge is 2.00 e. The first-order valence-electron chi connectivity index (χ1n) is 17.4. The molecule has 12 heteroatoms. The molecule has 7 rings (SSSR count). The van der Waals surface area contributed by atoms with Crippen LogP contribution in [0.25, 0.3) is 16.6 Å². The van der Waals surface area contributed by atoms with Gasteiger partial charge in [-0.1, -0.05) is 90.5 Å². The van der Waals surface area contributed by atoms with Crippen LogP contribution in [0.3, 0.4) is 0 Å². The zero-order chi connectivity index (χ0) is 39.5. The van der Waals surface area contributed by atoms with Gasteiger partial charge in [-0.15, -0.1) is 12.1 Å². The van der Waals surface area contributed by atoms with Gasteiger partial charge in [0.15, 0.2) is 0 Å². The summed E-state index contributed by atoms with van der Waals surface area (Å²) in [7, 11) is 0. The van der Waals surface area contributed by atoms with E-state index in [0.29, 0.717) is 28.4 Å². The maximum absolute atomic E-state index is 15.5. The molecule has 0 aliphatic heterocycles. The van der Waals surface area contributed by atoms with Crippen molar-refractivity contribution in [3.05, 3.63) is 198 Å². The number of hydrogen-bond donors (Lipinski definition) is 0. The Bertz CT molecular complexity index is 2390. The van der Waals surface area contributed by atoms with Gasteiger partial charge in [0.05, 0.1) is 17.1 Å². The average Bonchev–Trinajstić information content (AvgIpc) is 3.19. The van der Waals surface area contributed by atoms with E-state index in [2.05, 4.69) is 16.4 Å². The zero-order valence-electron chi connectivity index (χ0n) is 30.4. The Kier molecular flexibility index (Phi) is 12.0. The molecular weight excluding hydrogens is 917 g/mol. The van der Waals surface area contributed by atoms with Crippen molar-refractivity contribution in [2.45, 2.75) is 25.6 Å². The molecule has 0 bridgehead atoms. The number of carbonyl (C=O) groups is 1. The third-order valence-electron chi connectivity index (χ3n) is 9.04. The van der Waals surface area contributed by atoms with Gasteiger partial charge in [-0.05, 0) is 86.3 Å². The van der Waals surface area contributed by atoms with Crippen LogP contribution in [0.4, 0.5) is 56.1 Å². The van der Waals surface area contributed by atoms with Crippen LogP contribution in [0.5, 0.6) is 0 Å². The zero-order valence-corrected chi connectivity index (χ0v) is 32.6. The molecule has 6 nitrogen and oxygen atoms in total. The topological polar surface area (TPSA) is 63.4 Å². The molecule has 0 spiro atoms. The summed E-state index contributed by atoms with van der Waals surface area (Å²) >= 11 is 0. The van der Waals surface area contributed by atoms with Gasteiger partial charge >= 0.3 is 27.4 Å². The molecule has 0 unspecified atom stereocenters. The normalized spacial score (nSPS) is 11.4. The van der Waals surface area contributed by atoms with E-state index in [1.54, 1.807) is 36.9 Å². The smallest absolute Gasteiger partial charge is 0.560 e. The predicted molar refractivity (Wildman–Crippen MR) is 208 cm³/mol. The van der Waals surface area contributed by atoms with Crippen molar-refractivity contribution < 1.29 is 47.8 Å². The van der Waals surface area contributed by atoms with Gasteiger partial charge in [0, 0.05) is 51.2 Å². The minimum absolute atomic E-state index is 0. The quantitative estimate of drug-likeness (QED) is 0.0776. The van der Waals surface area contributed by atoms with Gasteiger partial charge in [-0.3, -0.25) is 13.8 Å². The fourth-order valence-corrected chi connectivity index (χ4v) is 6.32.